The number of hydrazone groups is 1. The maximum Gasteiger partial charge on any atom is 0.276 e. The van der Waals surface area contributed by atoms with Gasteiger partial charge in [-0.15, -0.1) is 5.10 Å². The molecule has 0 aliphatic carbocycles. The summed E-state index contributed by atoms with van der Waals surface area (Å²) in [5.74, 6) is 0.531. The third-order valence-corrected chi connectivity index (χ3v) is 4.70. The molecule has 1 unspecified atom stereocenters. The molecule has 0 spiro atoms. The van der Waals surface area contributed by atoms with E-state index in [4.69, 9.17) is 9.73 Å². The lowest BCUT2D eigenvalue weighted by atomic mass is 10.1. The molecule has 0 radical (unpaired) electrons. The van der Waals surface area contributed by atoms with Crippen molar-refractivity contribution < 1.29 is 9.53 Å². The van der Waals surface area contributed by atoms with Gasteiger partial charge in [-0.25, -0.2) is 5.01 Å². The Morgan fingerprint density at radius 3 is 2.72 bits per heavy atom. The molecule has 2 aliphatic rings. The molecule has 2 heterocycles. The fourth-order valence-electron chi connectivity index (χ4n) is 3.00. The monoisotopic (exact) mass is 352 g/mol. The second kappa shape index (κ2) is 6.25. The normalized spacial score (nSPS) is 18.6. The number of para-hydroxylation sites is 2. The third kappa shape index (κ3) is 2.56. The molecule has 1 amide bonds. The first-order chi connectivity index (χ1) is 12.2. The van der Waals surface area contributed by atoms with E-state index < -0.39 is 6.17 Å². The number of thioether (sulfide) groups is 1. The average Bonchev–Trinajstić information content (AvgIpc) is 2.66. The quantitative estimate of drug-likeness (QED) is 0.882. The Labute approximate surface area is 148 Å². The zero-order valence-corrected chi connectivity index (χ0v) is 14.6. The first kappa shape index (κ1) is 15.7. The summed E-state index contributed by atoms with van der Waals surface area (Å²) < 4.78 is 5.50. The van der Waals surface area contributed by atoms with Gasteiger partial charge in [-0.1, -0.05) is 48.2 Å². The van der Waals surface area contributed by atoms with Gasteiger partial charge in [0.25, 0.3) is 5.91 Å². The highest BCUT2D eigenvalue weighted by atomic mass is 32.2. The van der Waals surface area contributed by atoms with Crippen molar-refractivity contribution >= 4 is 28.5 Å². The SMILES string of the molecule is COc1ccccc1C1N=c2ccccc2=C2C(=O)NC(SC)=NN21. The van der Waals surface area contributed by atoms with Gasteiger partial charge < -0.3 is 4.74 Å². The Morgan fingerprint density at radius 2 is 1.92 bits per heavy atom. The minimum Gasteiger partial charge on any atom is -0.496 e. The standard InChI is InChI=1S/C18H16N4O2S/c1-24-14-10-6-4-8-12(14)16-19-13-9-5-3-7-11(13)15-17(23)20-18(25-2)21-22(15)16/h3-10,16H,1-2H3,(H,20,21,23). The number of carbonyl (C=O) groups excluding carboxylic acids is 1. The molecule has 2 aromatic rings. The smallest absolute Gasteiger partial charge is 0.276 e. The highest BCUT2D eigenvalue weighted by molar-refractivity contribution is 8.13. The zero-order valence-electron chi connectivity index (χ0n) is 13.8. The van der Waals surface area contributed by atoms with E-state index in [2.05, 4.69) is 10.4 Å². The van der Waals surface area contributed by atoms with Gasteiger partial charge in [0.05, 0.1) is 12.5 Å². The molecular formula is C18H16N4O2S. The van der Waals surface area contributed by atoms with Crippen molar-refractivity contribution in [3.05, 3.63) is 64.7 Å². The van der Waals surface area contributed by atoms with Gasteiger partial charge in [0, 0.05) is 10.8 Å². The topological polar surface area (TPSA) is 66.3 Å². The van der Waals surface area contributed by atoms with Gasteiger partial charge in [-0.2, -0.15) is 0 Å². The number of rotatable bonds is 2. The summed E-state index contributed by atoms with van der Waals surface area (Å²) in [6, 6.07) is 15.3. The molecule has 1 atom stereocenters. The van der Waals surface area contributed by atoms with Crippen LogP contribution in [0.2, 0.25) is 0 Å². The summed E-state index contributed by atoms with van der Waals surface area (Å²) in [6.45, 7) is 0. The van der Waals surface area contributed by atoms with Gasteiger partial charge >= 0.3 is 0 Å². The van der Waals surface area contributed by atoms with Crippen molar-refractivity contribution in [1.82, 2.24) is 10.3 Å². The van der Waals surface area contributed by atoms with E-state index in [-0.39, 0.29) is 5.91 Å². The van der Waals surface area contributed by atoms with Crippen LogP contribution in [0, 0.1) is 0 Å². The highest BCUT2D eigenvalue weighted by Crippen LogP contribution is 2.35. The molecule has 25 heavy (non-hydrogen) atoms. The summed E-state index contributed by atoms with van der Waals surface area (Å²) in [6.07, 6.45) is 1.41. The van der Waals surface area contributed by atoms with Gasteiger partial charge in [0.15, 0.2) is 11.3 Å². The Morgan fingerprint density at radius 1 is 1.16 bits per heavy atom. The number of amidine groups is 1. The minimum absolute atomic E-state index is 0.179. The largest absolute Gasteiger partial charge is 0.496 e. The molecule has 126 valence electrons. The summed E-state index contributed by atoms with van der Waals surface area (Å²) in [7, 11) is 1.62. The molecule has 0 fully saturated rings. The van der Waals surface area contributed by atoms with Crippen molar-refractivity contribution in [3.8, 4) is 5.75 Å². The maximum atomic E-state index is 12.7. The van der Waals surface area contributed by atoms with Crippen LogP contribution in [0.15, 0.2) is 58.6 Å². The van der Waals surface area contributed by atoms with Crippen LogP contribution in [0.4, 0.5) is 0 Å². The molecule has 1 N–H and O–H groups in total. The van der Waals surface area contributed by atoms with E-state index in [1.807, 2.05) is 54.8 Å². The lowest BCUT2D eigenvalue weighted by molar-refractivity contribution is -0.116. The molecule has 0 saturated heterocycles. The molecule has 2 aliphatic heterocycles. The molecule has 2 aromatic carbocycles. The maximum absolute atomic E-state index is 12.7. The highest BCUT2D eigenvalue weighted by Gasteiger charge is 2.35. The van der Waals surface area contributed by atoms with Crippen LogP contribution in [0.1, 0.15) is 11.7 Å². The fraction of sp³-hybridized carbons (Fsp3) is 0.167. The number of carbonyl (C=O) groups is 1. The van der Waals surface area contributed by atoms with Crippen molar-refractivity contribution in [2.24, 2.45) is 10.1 Å². The summed E-state index contributed by atoms with van der Waals surface area (Å²) in [5.41, 5.74) is 1.36. The van der Waals surface area contributed by atoms with Gasteiger partial charge in [0.1, 0.15) is 11.4 Å². The van der Waals surface area contributed by atoms with Crippen LogP contribution in [-0.2, 0) is 4.79 Å². The lowest BCUT2D eigenvalue weighted by Crippen LogP contribution is -2.50. The Bertz CT molecular complexity index is 1000. The lowest BCUT2D eigenvalue weighted by Gasteiger charge is -2.34. The molecule has 4 rings (SSSR count). The third-order valence-electron chi connectivity index (χ3n) is 4.13. The van der Waals surface area contributed by atoms with Gasteiger partial charge in [0.2, 0.25) is 0 Å². The Hall–Kier alpha value is -2.80. The molecule has 0 bridgehead atoms. The number of nitrogens with one attached hydrogen (secondary N) is 1. The summed E-state index contributed by atoms with van der Waals surface area (Å²) in [5, 5.41) is 11.2. The van der Waals surface area contributed by atoms with Crippen LogP contribution in [-0.4, -0.2) is 29.4 Å². The van der Waals surface area contributed by atoms with E-state index in [0.29, 0.717) is 16.6 Å². The van der Waals surface area contributed by atoms with E-state index in [0.717, 1.165) is 16.1 Å². The number of ether oxygens (including phenoxy) is 1. The molecule has 0 saturated carbocycles. The molecule has 0 aromatic heterocycles. The fourth-order valence-corrected chi connectivity index (χ4v) is 3.37. The van der Waals surface area contributed by atoms with Crippen molar-refractivity contribution in [2.45, 2.75) is 6.17 Å². The first-order valence-electron chi connectivity index (χ1n) is 7.76. The van der Waals surface area contributed by atoms with E-state index in [1.54, 1.807) is 12.1 Å². The number of methoxy groups -OCH3 is 1. The minimum atomic E-state index is -0.464. The van der Waals surface area contributed by atoms with Crippen molar-refractivity contribution in [1.29, 1.82) is 0 Å². The Balaban J connectivity index is 2.01. The van der Waals surface area contributed by atoms with Crippen molar-refractivity contribution in [3.63, 3.8) is 0 Å². The van der Waals surface area contributed by atoms with Crippen LogP contribution >= 0.6 is 11.8 Å². The van der Waals surface area contributed by atoms with E-state index in [9.17, 15) is 4.79 Å². The number of benzene rings is 2. The van der Waals surface area contributed by atoms with E-state index >= 15 is 0 Å². The second-order valence-electron chi connectivity index (χ2n) is 5.52. The number of hydrogen-bond donors (Lipinski definition) is 1. The first-order valence-corrected chi connectivity index (χ1v) is 8.98. The predicted octanol–water partition coefficient (Wildman–Crippen LogP) is 1.20. The van der Waals surface area contributed by atoms with Crippen LogP contribution in [0.3, 0.4) is 0 Å². The van der Waals surface area contributed by atoms with E-state index in [1.165, 1.54) is 11.8 Å². The zero-order chi connectivity index (χ0) is 17.4. The predicted molar refractivity (Wildman–Crippen MR) is 97.3 cm³/mol. The average molecular weight is 352 g/mol. The van der Waals surface area contributed by atoms with Gasteiger partial charge in [-0.05, 0) is 18.4 Å². The number of hydrogen-bond acceptors (Lipinski definition) is 6. The number of amides is 1. The van der Waals surface area contributed by atoms with Gasteiger partial charge in [-0.3, -0.25) is 15.1 Å². The van der Waals surface area contributed by atoms with Crippen LogP contribution in [0.5, 0.6) is 5.75 Å². The second-order valence-corrected chi connectivity index (χ2v) is 6.31. The molecule has 7 heteroatoms. The van der Waals surface area contributed by atoms with Crippen molar-refractivity contribution in [2.75, 3.05) is 13.4 Å². The number of nitrogens with zero attached hydrogens (tertiary/aromatic N) is 3. The number of fused-ring (bicyclic) bond motifs is 2. The summed E-state index contributed by atoms with van der Waals surface area (Å²) in [4.78, 5) is 17.6. The summed E-state index contributed by atoms with van der Waals surface area (Å²) >= 11 is 1.38. The molecule has 6 nitrogen and oxygen atoms in total. The van der Waals surface area contributed by atoms with Crippen LogP contribution < -0.4 is 20.6 Å². The molecular weight excluding hydrogens is 336 g/mol. The van der Waals surface area contributed by atoms with Crippen LogP contribution in [0.25, 0.3) is 5.70 Å². The Kier molecular flexibility index (Phi) is 3.93.